The second-order valence-corrected chi connectivity index (χ2v) is 5.99. The van der Waals surface area contributed by atoms with Gasteiger partial charge < -0.3 is 4.42 Å². The van der Waals surface area contributed by atoms with Gasteiger partial charge in [0.2, 0.25) is 11.8 Å². The molecule has 0 aliphatic carbocycles. The number of hydrogen-bond acceptors (Lipinski definition) is 7. The Balaban J connectivity index is 1.61. The van der Waals surface area contributed by atoms with Crippen molar-refractivity contribution in [2.24, 2.45) is 0 Å². The van der Waals surface area contributed by atoms with Gasteiger partial charge in [-0.05, 0) is 28.1 Å². The molecule has 2 heterocycles. The number of aromatic nitrogens is 5. The second-order valence-electron chi connectivity index (χ2n) is 4.21. The van der Waals surface area contributed by atoms with Crippen molar-refractivity contribution in [2.75, 3.05) is 11.2 Å². The summed E-state index contributed by atoms with van der Waals surface area (Å²) in [6.45, 7) is 0. The first-order valence-electron chi connectivity index (χ1n) is 6.26. The number of thioether (sulfide) groups is 1. The number of carbonyl (C=O) groups is 1. The monoisotopic (exact) mass is 396 g/mol. The molecule has 0 bridgehead atoms. The molecule has 2 aromatic heterocycles. The van der Waals surface area contributed by atoms with Crippen LogP contribution in [-0.4, -0.2) is 36.7 Å². The van der Waals surface area contributed by atoms with Gasteiger partial charge in [-0.2, -0.15) is 9.77 Å². The summed E-state index contributed by atoms with van der Waals surface area (Å²) < 4.78 is 7.28. The van der Waals surface area contributed by atoms with E-state index in [9.17, 15) is 9.59 Å². The Hall–Kier alpha value is -2.40. The van der Waals surface area contributed by atoms with Crippen LogP contribution in [0.2, 0.25) is 0 Å². The highest BCUT2D eigenvalue weighted by molar-refractivity contribution is 9.10. The van der Waals surface area contributed by atoms with Crippen LogP contribution in [-0.2, 0) is 4.79 Å². The summed E-state index contributed by atoms with van der Waals surface area (Å²) in [6, 6.07) is 7.43. The lowest BCUT2D eigenvalue weighted by atomic mass is 10.2. The van der Waals surface area contributed by atoms with Crippen molar-refractivity contribution in [3.8, 4) is 11.5 Å². The van der Waals surface area contributed by atoms with E-state index < -0.39 is 11.6 Å². The first kappa shape index (κ1) is 15.5. The molecule has 0 saturated heterocycles. The Morgan fingerprint density at radius 2 is 2.22 bits per heavy atom. The topological polar surface area (TPSA) is 119 Å². The zero-order chi connectivity index (χ0) is 16.2. The van der Waals surface area contributed by atoms with E-state index in [4.69, 9.17) is 4.42 Å². The fourth-order valence-corrected chi connectivity index (χ4v) is 2.64. The number of nitrogens with one attached hydrogen (secondary N) is 2. The molecule has 9 nitrogen and oxygen atoms in total. The van der Waals surface area contributed by atoms with Crippen LogP contribution in [0.3, 0.4) is 0 Å². The summed E-state index contributed by atoms with van der Waals surface area (Å²) >= 11 is 4.47. The molecule has 0 aliphatic heterocycles. The Kier molecular flexibility index (Phi) is 4.57. The molecule has 11 heteroatoms. The van der Waals surface area contributed by atoms with Crippen molar-refractivity contribution in [1.82, 2.24) is 25.1 Å². The van der Waals surface area contributed by atoms with Crippen LogP contribution in [0.15, 0.2) is 49.5 Å². The van der Waals surface area contributed by atoms with E-state index in [1.54, 1.807) is 0 Å². The Labute approximate surface area is 141 Å². The van der Waals surface area contributed by atoms with Gasteiger partial charge in [-0.25, -0.2) is 9.89 Å². The quantitative estimate of drug-likeness (QED) is 0.622. The molecule has 0 fully saturated rings. The zero-order valence-electron chi connectivity index (χ0n) is 11.4. The van der Waals surface area contributed by atoms with Crippen molar-refractivity contribution < 1.29 is 9.21 Å². The van der Waals surface area contributed by atoms with E-state index in [0.717, 1.165) is 26.5 Å². The van der Waals surface area contributed by atoms with Crippen LogP contribution in [0.1, 0.15) is 0 Å². The maximum absolute atomic E-state index is 11.7. The summed E-state index contributed by atoms with van der Waals surface area (Å²) in [6.07, 6.45) is 1.17. The molecule has 2 N–H and O–H groups in total. The lowest BCUT2D eigenvalue weighted by Crippen LogP contribution is -2.31. The van der Waals surface area contributed by atoms with Crippen LogP contribution >= 0.6 is 27.7 Å². The zero-order valence-corrected chi connectivity index (χ0v) is 13.8. The standard InChI is InChI=1S/C12H9BrN6O3S/c13-8-4-2-1-3-7(8)10-15-17-12(22-10)23-5-9(20)18-19-6-14-16-11(19)21/h1-4,6H,5H2,(H,16,21)(H,18,20). The SMILES string of the molecule is O=C(CSc1nnc(-c2ccccc2Br)o1)Nn1cn[nH]c1=O. The molecule has 23 heavy (non-hydrogen) atoms. The van der Waals surface area contributed by atoms with Crippen molar-refractivity contribution in [3.63, 3.8) is 0 Å². The molecule has 0 aliphatic rings. The molecule has 118 valence electrons. The molecule has 0 unspecified atom stereocenters. The van der Waals surface area contributed by atoms with Gasteiger partial charge in [-0.3, -0.25) is 10.2 Å². The van der Waals surface area contributed by atoms with E-state index in [-0.39, 0.29) is 11.0 Å². The van der Waals surface area contributed by atoms with Crippen molar-refractivity contribution in [2.45, 2.75) is 5.22 Å². The Morgan fingerprint density at radius 1 is 1.39 bits per heavy atom. The highest BCUT2D eigenvalue weighted by Gasteiger charge is 2.13. The van der Waals surface area contributed by atoms with Gasteiger partial charge in [0.25, 0.3) is 5.22 Å². The highest BCUT2D eigenvalue weighted by atomic mass is 79.9. The fourth-order valence-electron chi connectivity index (χ4n) is 1.63. The van der Waals surface area contributed by atoms with Gasteiger partial charge in [0.1, 0.15) is 6.33 Å². The number of benzene rings is 1. The van der Waals surface area contributed by atoms with E-state index in [2.05, 4.69) is 41.8 Å². The average molecular weight is 397 g/mol. The molecule has 0 atom stereocenters. The minimum absolute atomic E-state index is 0.00914. The number of halogens is 1. The molecule has 0 radical (unpaired) electrons. The predicted octanol–water partition coefficient (Wildman–Crippen LogP) is 1.25. The summed E-state index contributed by atoms with van der Waals surface area (Å²) in [5, 5.41) is 13.7. The third kappa shape index (κ3) is 3.68. The summed E-state index contributed by atoms with van der Waals surface area (Å²) in [4.78, 5) is 22.9. The predicted molar refractivity (Wildman–Crippen MR) is 85.4 cm³/mol. The van der Waals surface area contributed by atoms with E-state index >= 15 is 0 Å². The maximum Gasteiger partial charge on any atom is 0.362 e. The summed E-state index contributed by atoms with van der Waals surface area (Å²) in [7, 11) is 0. The van der Waals surface area contributed by atoms with Gasteiger partial charge in [-0.1, -0.05) is 23.9 Å². The number of carbonyl (C=O) groups excluding carboxylic acids is 1. The Morgan fingerprint density at radius 3 is 2.96 bits per heavy atom. The van der Waals surface area contributed by atoms with Crippen molar-refractivity contribution >= 4 is 33.6 Å². The molecule has 1 aromatic carbocycles. The number of rotatable bonds is 5. The maximum atomic E-state index is 11.7. The van der Waals surface area contributed by atoms with Gasteiger partial charge in [0.05, 0.1) is 11.3 Å². The number of hydrogen-bond donors (Lipinski definition) is 2. The van der Waals surface area contributed by atoms with E-state index in [0.29, 0.717) is 5.89 Å². The average Bonchev–Trinajstić information content (AvgIpc) is 3.16. The fraction of sp³-hybridized carbons (Fsp3) is 0.0833. The van der Waals surface area contributed by atoms with Crippen LogP contribution < -0.4 is 11.1 Å². The van der Waals surface area contributed by atoms with Crippen molar-refractivity contribution in [1.29, 1.82) is 0 Å². The molecular formula is C12H9BrN6O3S. The number of aromatic amines is 1. The molecule has 3 rings (SSSR count). The molecule has 0 spiro atoms. The lowest BCUT2D eigenvalue weighted by molar-refractivity contribution is -0.114. The molecule has 0 saturated carbocycles. The summed E-state index contributed by atoms with van der Waals surface area (Å²) in [5.41, 5.74) is 2.60. The Bertz CT molecular complexity index is 889. The number of amides is 1. The largest absolute Gasteiger partial charge is 0.411 e. The smallest absolute Gasteiger partial charge is 0.362 e. The third-order valence-electron chi connectivity index (χ3n) is 2.63. The summed E-state index contributed by atoms with van der Waals surface area (Å²) in [5.74, 6) is -0.0413. The van der Waals surface area contributed by atoms with Crippen LogP contribution in [0.4, 0.5) is 0 Å². The van der Waals surface area contributed by atoms with Gasteiger partial charge in [0, 0.05) is 4.47 Å². The second kappa shape index (κ2) is 6.79. The van der Waals surface area contributed by atoms with Crippen LogP contribution in [0.5, 0.6) is 0 Å². The minimum atomic E-state index is -0.530. The van der Waals surface area contributed by atoms with E-state index in [1.807, 2.05) is 24.3 Å². The minimum Gasteiger partial charge on any atom is -0.411 e. The van der Waals surface area contributed by atoms with Crippen LogP contribution in [0, 0.1) is 0 Å². The molecule has 3 aromatic rings. The van der Waals surface area contributed by atoms with Gasteiger partial charge in [0.15, 0.2) is 0 Å². The highest BCUT2D eigenvalue weighted by Crippen LogP contribution is 2.28. The first-order valence-corrected chi connectivity index (χ1v) is 8.04. The van der Waals surface area contributed by atoms with Gasteiger partial charge >= 0.3 is 5.69 Å². The molecular weight excluding hydrogens is 388 g/mol. The third-order valence-corrected chi connectivity index (χ3v) is 4.14. The van der Waals surface area contributed by atoms with Gasteiger partial charge in [-0.15, -0.1) is 10.2 Å². The van der Waals surface area contributed by atoms with Crippen LogP contribution in [0.25, 0.3) is 11.5 Å². The first-order chi connectivity index (χ1) is 11.1. The number of H-pyrrole nitrogens is 1. The van der Waals surface area contributed by atoms with Crippen molar-refractivity contribution in [3.05, 3.63) is 45.5 Å². The normalized spacial score (nSPS) is 10.7. The van der Waals surface area contributed by atoms with E-state index in [1.165, 1.54) is 6.33 Å². The number of nitrogens with zero attached hydrogens (tertiary/aromatic N) is 4. The lowest BCUT2D eigenvalue weighted by Gasteiger charge is -2.01. The molecule has 1 amide bonds.